The number of anilines is 1. The largest absolute Gasteiger partial charge is 0.366 e. The van der Waals surface area contributed by atoms with Gasteiger partial charge in [0, 0.05) is 49.7 Å². The summed E-state index contributed by atoms with van der Waals surface area (Å²) >= 11 is 0. The standard InChI is InChI=1S/C21H32N6.HI/c1-6-22-21(24-14-19-16(3)25-26(5)17(19)4)23-13-15(2)27-12-11-18-9-7-8-10-20(18)27;/h7-10,15H,6,11-14H2,1-5H3,(H2,22,23,24);1H. The molecule has 0 amide bonds. The second-order valence-corrected chi connectivity index (χ2v) is 7.27. The lowest BCUT2D eigenvalue weighted by molar-refractivity contribution is 0.625. The summed E-state index contributed by atoms with van der Waals surface area (Å²) in [5.41, 5.74) is 6.25. The van der Waals surface area contributed by atoms with Crippen LogP contribution in [0.3, 0.4) is 0 Å². The van der Waals surface area contributed by atoms with Crippen LogP contribution in [0.25, 0.3) is 0 Å². The molecular formula is C21H33IN6. The van der Waals surface area contributed by atoms with Crippen molar-refractivity contribution < 1.29 is 0 Å². The molecule has 6 nitrogen and oxygen atoms in total. The van der Waals surface area contributed by atoms with Crippen LogP contribution in [0.15, 0.2) is 29.3 Å². The minimum absolute atomic E-state index is 0. The fourth-order valence-electron chi connectivity index (χ4n) is 3.72. The highest BCUT2D eigenvalue weighted by Gasteiger charge is 2.22. The molecular weight excluding hydrogens is 463 g/mol. The van der Waals surface area contributed by atoms with Gasteiger partial charge >= 0.3 is 0 Å². The van der Waals surface area contributed by atoms with Crippen LogP contribution in [-0.2, 0) is 20.0 Å². The van der Waals surface area contributed by atoms with Crippen molar-refractivity contribution in [1.82, 2.24) is 20.4 Å². The van der Waals surface area contributed by atoms with Gasteiger partial charge in [-0.05, 0) is 45.7 Å². The molecule has 0 radical (unpaired) electrons. The van der Waals surface area contributed by atoms with Crippen molar-refractivity contribution in [2.45, 2.75) is 46.7 Å². The summed E-state index contributed by atoms with van der Waals surface area (Å²) in [5, 5.41) is 11.4. The number of nitrogens with zero attached hydrogens (tertiary/aromatic N) is 4. The van der Waals surface area contributed by atoms with Crippen LogP contribution in [-0.4, -0.2) is 41.4 Å². The van der Waals surface area contributed by atoms with Crippen LogP contribution >= 0.6 is 24.0 Å². The van der Waals surface area contributed by atoms with Crippen LogP contribution < -0.4 is 15.5 Å². The van der Waals surface area contributed by atoms with Crippen molar-refractivity contribution in [3.05, 3.63) is 46.8 Å². The molecule has 0 saturated heterocycles. The van der Waals surface area contributed by atoms with Crippen molar-refractivity contribution >= 4 is 35.6 Å². The van der Waals surface area contributed by atoms with E-state index in [-0.39, 0.29) is 24.0 Å². The van der Waals surface area contributed by atoms with Gasteiger partial charge in [0.05, 0.1) is 12.2 Å². The van der Waals surface area contributed by atoms with Gasteiger partial charge in [-0.15, -0.1) is 24.0 Å². The number of guanidine groups is 1. The van der Waals surface area contributed by atoms with E-state index in [0.29, 0.717) is 12.6 Å². The Morgan fingerprint density at radius 3 is 2.68 bits per heavy atom. The fraction of sp³-hybridized carbons (Fsp3) is 0.524. The van der Waals surface area contributed by atoms with Crippen molar-refractivity contribution in [3.8, 4) is 0 Å². The number of halogens is 1. The minimum atomic E-state index is 0. The maximum absolute atomic E-state index is 4.78. The number of benzene rings is 1. The Labute approximate surface area is 185 Å². The van der Waals surface area contributed by atoms with Gasteiger partial charge in [0.1, 0.15) is 0 Å². The average molecular weight is 496 g/mol. The molecule has 1 aliphatic rings. The SMILES string of the molecule is CCNC(=NCc1c(C)nn(C)c1C)NCC(C)N1CCc2ccccc21.I. The molecule has 28 heavy (non-hydrogen) atoms. The molecule has 1 aromatic heterocycles. The van der Waals surface area contributed by atoms with Gasteiger partial charge < -0.3 is 15.5 Å². The summed E-state index contributed by atoms with van der Waals surface area (Å²) in [5.74, 6) is 0.861. The van der Waals surface area contributed by atoms with Gasteiger partial charge in [-0.2, -0.15) is 5.10 Å². The molecule has 2 aromatic rings. The number of aryl methyl sites for hydroxylation is 2. The summed E-state index contributed by atoms with van der Waals surface area (Å²) in [6.45, 7) is 11.9. The Hall–Kier alpha value is -1.77. The summed E-state index contributed by atoms with van der Waals surface area (Å²) in [7, 11) is 1.98. The predicted molar refractivity (Wildman–Crippen MR) is 128 cm³/mol. The fourth-order valence-corrected chi connectivity index (χ4v) is 3.72. The molecule has 1 atom stereocenters. The first-order valence-corrected chi connectivity index (χ1v) is 9.87. The molecule has 0 spiro atoms. The van der Waals surface area contributed by atoms with E-state index in [9.17, 15) is 0 Å². The van der Waals surface area contributed by atoms with Crippen LogP contribution in [0.2, 0.25) is 0 Å². The lowest BCUT2D eigenvalue weighted by Crippen LogP contribution is -2.45. The molecule has 2 N–H and O–H groups in total. The number of aromatic nitrogens is 2. The lowest BCUT2D eigenvalue weighted by atomic mass is 10.2. The van der Waals surface area contributed by atoms with Crippen molar-refractivity contribution in [3.63, 3.8) is 0 Å². The molecule has 1 unspecified atom stereocenters. The number of nitrogens with one attached hydrogen (secondary N) is 2. The van der Waals surface area contributed by atoms with E-state index in [1.807, 2.05) is 18.7 Å². The first-order valence-electron chi connectivity index (χ1n) is 9.87. The second-order valence-electron chi connectivity index (χ2n) is 7.27. The lowest BCUT2D eigenvalue weighted by Gasteiger charge is -2.28. The molecule has 3 rings (SSSR count). The van der Waals surface area contributed by atoms with Crippen molar-refractivity contribution in [2.75, 3.05) is 24.5 Å². The van der Waals surface area contributed by atoms with Crippen LogP contribution in [0, 0.1) is 13.8 Å². The highest BCUT2D eigenvalue weighted by Crippen LogP contribution is 2.28. The zero-order chi connectivity index (χ0) is 19.4. The second kappa shape index (κ2) is 10.1. The highest BCUT2D eigenvalue weighted by atomic mass is 127. The molecule has 1 aromatic carbocycles. The number of para-hydroxylation sites is 1. The molecule has 0 bridgehead atoms. The number of aliphatic imine (C=N–C) groups is 1. The van der Waals surface area contributed by atoms with Gasteiger partial charge in [0.25, 0.3) is 0 Å². The smallest absolute Gasteiger partial charge is 0.191 e. The summed E-state index contributed by atoms with van der Waals surface area (Å²) < 4.78 is 1.92. The Bertz CT molecular complexity index is 813. The zero-order valence-electron chi connectivity index (χ0n) is 17.6. The Kier molecular flexibility index (Phi) is 8.15. The normalized spacial score (nSPS) is 14.5. The van der Waals surface area contributed by atoms with Crippen molar-refractivity contribution in [2.24, 2.45) is 12.0 Å². The van der Waals surface area contributed by atoms with Gasteiger partial charge in [-0.25, -0.2) is 4.99 Å². The predicted octanol–water partition coefficient (Wildman–Crippen LogP) is 3.16. The number of fused-ring (bicyclic) bond motifs is 1. The Morgan fingerprint density at radius 2 is 2.00 bits per heavy atom. The van der Waals surface area contributed by atoms with Crippen LogP contribution in [0.5, 0.6) is 0 Å². The van der Waals surface area contributed by atoms with Crippen molar-refractivity contribution in [1.29, 1.82) is 0 Å². The Morgan fingerprint density at radius 1 is 1.25 bits per heavy atom. The third-order valence-corrected chi connectivity index (χ3v) is 5.42. The summed E-state index contributed by atoms with van der Waals surface area (Å²) in [4.78, 5) is 7.27. The molecule has 0 fully saturated rings. The van der Waals surface area contributed by atoms with E-state index in [1.165, 1.54) is 22.5 Å². The van der Waals surface area contributed by atoms with E-state index in [1.54, 1.807) is 0 Å². The number of rotatable bonds is 6. The first-order chi connectivity index (χ1) is 13.0. The monoisotopic (exact) mass is 496 g/mol. The average Bonchev–Trinajstić information content (AvgIpc) is 3.19. The first kappa shape index (κ1) is 22.5. The summed E-state index contributed by atoms with van der Waals surface area (Å²) in [6.07, 6.45) is 1.13. The summed E-state index contributed by atoms with van der Waals surface area (Å²) in [6, 6.07) is 9.12. The molecule has 2 heterocycles. The van der Waals surface area contributed by atoms with E-state index in [0.717, 1.165) is 37.7 Å². The van der Waals surface area contributed by atoms with Crippen LogP contribution in [0.4, 0.5) is 5.69 Å². The van der Waals surface area contributed by atoms with Gasteiger partial charge in [0.15, 0.2) is 5.96 Å². The molecule has 7 heteroatoms. The zero-order valence-corrected chi connectivity index (χ0v) is 19.9. The van der Waals surface area contributed by atoms with Gasteiger partial charge in [0.2, 0.25) is 0 Å². The van der Waals surface area contributed by atoms with Gasteiger partial charge in [-0.1, -0.05) is 18.2 Å². The van der Waals surface area contributed by atoms with E-state index < -0.39 is 0 Å². The quantitative estimate of drug-likeness (QED) is 0.367. The van der Waals surface area contributed by atoms with E-state index in [2.05, 4.69) is 65.7 Å². The number of hydrogen-bond donors (Lipinski definition) is 2. The third-order valence-electron chi connectivity index (χ3n) is 5.42. The number of hydrogen-bond acceptors (Lipinski definition) is 3. The minimum Gasteiger partial charge on any atom is -0.366 e. The van der Waals surface area contributed by atoms with E-state index >= 15 is 0 Å². The topological polar surface area (TPSA) is 57.5 Å². The van der Waals surface area contributed by atoms with Gasteiger partial charge in [-0.3, -0.25) is 4.68 Å². The third kappa shape index (κ3) is 4.98. The maximum Gasteiger partial charge on any atom is 0.191 e. The molecule has 0 aliphatic carbocycles. The maximum atomic E-state index is 4.78. The Balaban J connectivity index is 0.00000280. The highest BCUT2D eigenvalue weighted by molar-refractivity contribution is 14.0. The van der Waals surface area contributed by atoms with Crippen LogP contribution in [0.1, 0.15) is 36.4 Å². The molecule has 1 aliphatic heterocycles. The van der Waals surface area contributed by atoms with E-state index in [4.69, 9.17) is 4.99 Å². The molecule has 154 valence electrons. The molecule has 0 saturated carbocycles.